The van der Waals surface area contributed by atoms with Crippen LogP contribution in [0, 0.1) is 13.8 Å². The van der Waals surface area contributed by atoms with Crippen molar-refractivity contribution in [1.82, 2.24) is 20.1 Å². The number of benzene rings is 1. The van der Waals surface area contributed by atoms with Crippen LogP contribution in [-0.2, 0) is 20.1 Å². The van der Waals surface area contributed by atoms with Crippen molar-refractivity contribution in [3.8, 4) is 5.75 Å². The van der Waals surface area contributed by atoms with Gasteiger partial charge in [0, 0.05) is 36.8 Å². The molecule has 2 aromatic heterocycles. The van der Waals surface area contributed by atoms with E-state index < -0.39 is 0 Å². The Hall–Kier alpha value is -2.87. The number of rotatable bonds is 7. The molecule has 0 saturated heterocycles. The van der Waals surface area contributed by atoms with Gasteiger partial charge < -0.3 is 15.4 Å². The summed E-state index contributed by atoms with van der Waals surface area (Å²) in [5.74, 6) is 0.637. The van der Waals surface area contributed by atoms with E-state index in [9.17, 15) is 4.79 Å². The second-order valence-corrected chi connectivity index (χ2v) is 7.05. The van der Waals surface area contributed by atoms with Crippen LogP contribution in [0.5, 0.6) is 5.75 Å². The van der Waals surface area contributed by atoms with Gasteiger partial charge in [0.2, 0.25) is 0 Å². The largest absolute Gasteiger partial charge is 0.497 e. The van der Waals surface area contributed by atoms with E-state index >= 15 is 0 Å². The molecule has 0 fully saturated rings. The lowest BCUT2D eigenvalue weighted by Crippen LogP contribution is -2.23. The lowest BCUT2D eigenvalue weighted by atomic mass is 10.2. The average Bonchev–Trinajstić information content (AvgIpc) is 3.24. The molecule has 0 atom stereocenters. The fourth-order valence-electron chi connectivity index (χ4n) is 2.71. The first kappa shape index (κ1) is 18.9. The highest BCUT2D eigenvalue weighted by atomic mass is 32.1. The van der Waals surface area contributed by atoms with E-state index in [4.69, 9.17) is 4.74 Å². The smallest absolute Gasteiger partial charge is 0.271 e. The van der Waals surface area contributed by atoms with Crippen molar-refractivity contribution < 1.29 is 9.53 Å². The van der Waals surface area contributed by atoms with Gasteiger partial charge in [-0.2, -0.15) is 5.10 Å². The van der Waals surface area contributed by atoms with E-state index in [-0.39, 0.29) is 5.91 Å². The summed E-state index contributed by atoms with van der Waals surface area (Å²) in [5.41, 5.74) is 4.54. The maximum absolute atomic E-state index is 12.4. The number of methoxy groups -OCH3 is 1. The van der Waals surface area contributed by atoms with Crippen molar-refractivity contribution in [1.29, 1.82) is 0 Å². The van der Waals surface area contributed by atoms with Gasteiger partial charge in [-0.05, 0) is 31.5 Å². The van der Waals surface area contributed by atoms with Gasteiger partial charge >= 0.3 is 0 Å². The zero-order valence-electron chi connectivity index (χ0n) is 15.9. The lowest BCUT2D eigenvalue weighted by Gasteiger charge is -2.05. The van der Waals surface area contributed by atoms with Gasteiger partial charge in [0.25, 0.3) is 5.91 Å². The Kier molecular flexibility index (Phi) is 5.75. The quantitative estimate of drug-likeness (QED) is 0.653. The highest BCUT2D eigenvalue weighted by molar-refractivity contribution is 7.13. The SMILES string of the molecule is COc1ccc(CNc2nc(C(=O)NCc3c(C)nn(C)c3C)cs2)cc1. The van der Waals surface area contributed by atoms with Crippen molar-refractivity contribution >= 4 is 22.4 Å². The van der Waals surface area contributed by atoms with E-state index in [1.165, 1.54) is 11.3 Å². The molecule has 0 aliphatic rings. The number of hydrogen-bond donors (Lipinski definition) is 2. The maximum Gasteiger partial charge on any atom is 0.271 e. The van der Waals surface area contributed by atoms with Crippen LogP contribution in [0.15, 0.2) is 29.6 Å². The molecule has 0 radical (unpaired) electrons. The molecule has 27 heavy (non-hydrogen) atoms. The number of ether oxygens (including phenoxy) is 1. The molecular formula is C19H23N5O2S. The molecule has 2 N–H and O–H groups in total. The van der Waals surface area contributed by atoms with Gasteiger partial charge in [-0.25, -0.2) is 4.98 Å². The van der Waals surface area contributed by atoms with Crippen LogP contribution in [0.25, 0.3) is 0 Å². The summed E-state index contributed by atoms with van der Waals surface area (Å²) in [6.07, 6.45) is 0. The van der Waals surface area contributed by atoms with Crippen LogP contribution in [0.2, 0.25) is 0 Å². The highest BCUT2D eigenvalue weighted by Crippen LogP contribution is 2.18. The van der Waals surface area contributed by atoms with Crippen LogP contribution >= 0.6 is 11.3 Å². The van der Waals surface area contributed by atoms with E-state index in [0.717, 1.165) is 28.3 Å². The number of amides is 1. The van der Waals surface area contributed by atoms with E-state index in [1.807, 2.05) is 49.8 Å². The zero-order valence-corrected chi connectivity index (χ0v) is 16.7. The summed E-state index contributed by atoms with van der Waals surface area (Å²) in [6.45, 7) is 5.01. The monoisotopic (exact) mass is 385 g/mol. The lowest BCUT2D eigenvalue weighted by molar-refractivity contribution is 0.0946. The normalized spacial score (nSPS) is 10.7. The Balaban J connectivity index is 1.55. The molecule has 3 rings (SSSR count). The molecule has 0 spiro atoms. The summed E-state index contributed by atoms with van der Waals surface area (Å²) < 4.78 is 6.97. The Labute approximate surface area is 162 Å². The molecule has 2 heterocycles. The number of aromatic nitrogens is 3. The fourth-order valence-corrected chi connectivity index (χ4v) is 3.40. The van der Waals surface area contributed by atoms with Crippen LogP contribution in [0.1, 0.15) is 33.0 Å². The van der Waals surface area contributed by atoms with Crippen molar-refractivity contribution in [2.24, 2.45) is 7.05 Å². The Morgan fingerprint density at radius 1 is 1.22 bits per heavy atom. The average molecular weight is 385 g/mol. The molecule has 8 heteroatoms. The minimum Gasteiger partial charge on any atom is -0.497 e. The molecular weight excluding hydrogens is 362 g/mol. The van der Waals surface area contributed by atoms with Crippen molar-refractivity contribution in [3.05, 3.63) is 57.9 Å². The van der Waals surface area contributed by atoms with Crippen molar-refractivity contribution in [2.75, 3.05) is 12.4 Å². The number of carbonyl (C=O) groups is 1. The summed E-state index contributed by atoms with van der Waals surface area (Å²) in [5, 5.41) is 13.0. The highest BCUT2D eigenvalue weighted by Gasteiger charge is 2.14. The molecule has 0 unspecified atom stereocenters. The summed E-state index contributed by atoms with van der Waals surface area (Å²) in [7, 11) is 3.54. The van der Waals surface area contributed by atoms with Gasteiger partial charge in [-0.1, -0.05) is 12.1 Å². The van der Waals surface area contributed by atoms with Crippen LogP contribution in [0.4, 0.5) is 5.13 Å². The van der Waals surface area contributed by atoms with Crippen molar-refractivity contribution in [2.45, 2.75) is 26.9 Å². The van der Waals surface area contributed by atoms with Crippen LogP contribution < -0.4 is 15.4 Å². The van der Waals surface area contributed by atoms with Gasteiger partial charge in [0.05, 0.1) is 12.8 Å². The number of thiazole rings is 1. The minimum absolute atomic E-state index is 0.189. The molecule has 1 amide bonds. The molecule has 0 bridgehead atoms. The first-order chi connectivity index (χ1) is 13.0. The van der Waals surface area contributed by atoms with E-state index in [0.29, 0.717) is 23.9 Å². The van der Waals surface area contributed by atoms with E-state index in [2.05, 4.69) is 20.7 Å². The molecule has 142 valence electrons. The molecule has 7 nitrogen and oxygen atoms in total. The molecule has 0 saturated carbocycles. The van der Waals surface area contributed by atoms with Gasteiger partial charge in [-0.3, -0.25) is 9.48 Å². The first-order valence-electron chi connectivity index (χ1n) is 8.57. The summed E-state index contributed by atoms with van der Waals surface area (Å²) >= 11 is 1.41. The third-order valence-corrected chi connectivity index (χ3v) is 5.22. The molecule has 3 aromatic rings. The predicted octanol–water partition coefficient (Wildman–Crippen LogP) is 3.04. The topological polar surface area (TPSA) is 81.1 Å². The van der Waals surface area contributed by atoms with E-state index in [1.54, 1.807) is 12.5 Å². The second-order valence-electron chi connectivity index (χ2n) is 6.20. The number of aryl methyl sites for hydroxylation is 2. The number of anilines is 1. The van der Waals surface area contributed by atoms with Gasteiger partial charge in [0.15, 0.2) is 5.13 Å². The predicted molar refractivity (Wildman–Crippen MR) is 106 cm³/mol. The summed E-state index contributed by atoms with van der Waals surface area (Å²) in [6, 6.07) is 7.82. The number of nitrogens with zero attached hydrogens (tertiary/aromatic N) is 3. The van der Waals surface area contributed by atoms with Gasteiger partial charge in [0.1, 0.15) is 11.4 Å². The zero-order chi connectivity index (χ0) is 19.4. The number of carbonyl (C=O) groups excluding carboxylic acids is 1. The Morgan fingerprint density at radius 2 is 1.96 bits per heavy atom. The third-order valence-electron chi connectivity index (χ3n) is 4.42. The summed E-state index contributed by atoms with van der Waals surface area (Å²) in [4.78, 5) is 16.7. The van der Waals surface area contributed by atoms with Crippen LogP contribution in [0.3, 0.4) is 0 Å². The number of hydrogen-bond acceptors (Lipinski definition) is 6. The maximum atomic E-state index is 12.4. The first-order valence-corrected chi connectivity index (χ1v) is 9.45. The molecule has 0 aliphatic carbocycles. The minimum atomic E-state index is -0.189. The van der Waals surface area contributed by atoms with Gasteiger partial charge in [-0.15, -0.1) is 11.3 Å². The third kappa shape index (κ3) is 4.46. The second kappa shape index (κ2) is 8.22. The standard InChI is InChI=1S/C19H23N5O2S/c1-12-16(13(2)24(3)23-12)10-20-18(25)17-11-27-19(22-17)21-9-14-5-7-15(26-4)8-6-14/h5-8,11H,9-10H2,1-4H3,(H,20,25)(H,21,22). The molecule has 0 aliphatic heterocycles. The molecule has 1 aromatic carbocycles. The van der Waals surface area contributed by atoms with Crippen LogP contribution in [-0.4, -0.2) is 27.8 Å². The Bertz CT molecular complexity index is 930. The van der Waals surface area contributed by atoms with Crippen molar-refractivity contribution in [3.63, 3.8) is 0 Å². The fraction of sp³-hybridized carbons (Fsp3) is 0.316. The number of nitrogens with one attached hydrogen (secondary N) is 2. The Morgan fingerprint density at radius 3 is 2.59 bits per heavy atom.